The van der Waals surface area contributed by atoms with Gasteiger partial charge < -0.3 is 5.32 Å². The number of aryl methyl sites for hydroxylation is 1. The second-order valence-corrected chi connectivity index (χ2v) is 6.91. The second-order valence-electron chi connectivity index (χ2n) is 3.89. The molecule has 18 heavy (non-hydrogen) atoms. The molecule has 0 aliphatic carbocycles. The molecule has 0 spiro atoms. The highest BCUT2D eigenvalue weighted by Gasteiger charge is 2.04. The smallest absolute Gasteiger partial charge is 0.0737 e. The summed E-state index contributed by atoms with van der Waals surface area (Å²) in [5.74, 6) is 0. The molecule has 0 atom stereocenters. The van der Waals surface area contributed by atoms with Crippen LogP contribution < -0.4 is 5.32 Å². The molecular weight excluding hydrogens is 471 g/mol. The van der Waals surface area contributed by atoms with Crippen LogP contribution in [0.1, 0.15) is 11.3 Å². The van der Waals surface area contributed by atoms with Crippen molar-refractivity contribution in [2.45, 2.75) is 13.5 Å². The maximum Gasteiger partial charge on any atom is 0.0737 e. The van der Waals surface area contributed by atoms with Crippen molar-refractivity contribution >= 4 is 60.1 Å². The topological polar surface area (TPSA) is 24.9 Å². The summed E-state index contributed by atoms with van der Waals surface area (Å²) in [6.07, 6.45) is 1.81. The number of rotatable bonds is 3. The van der Waals surface area contributed by atoms with Crippen LogP contribution in [0, 0.1) is 10.5 Å². The molecule has 0 saturated carbocycles. The minimum atomic E-state index is 0.704. The number of aromatic nitrogens is 1. The Morgan fingerprint density at radius 3 is 2.72 bits per heavy atom. The molecule has 2 aromatic rings. The predicted octanol–water partition coefficient (Wildman–Crippen LogP) is 5.13. The fourth-order valence-corrected chi connectivity index (χ4v) is 3.35. The van der Waals surface area contributed by atoms with Crippen LogP contribution in [0.25, 0.3) is 0 Å². The Morgan fingerprint density at radius 2 is 2.06 bits per heavy atom. The molecular formula is C13H11Br2IN2. The number of hydrogen-bond donors (Lipinski definition) is 1. The van der Waals surface area contributed by atoms with Crippen molar-refractivity contribution in [3.05, 3.63) is 54.2 Å². The van der Waals surface area contributed by atoms with Crippen molar-refractivity contribution in [2.24, 2.45) is 0 Å². The van der Waals surface area contributed by atoms with Gasteiger partial charge in [-0.15, -0.1) is 0 Å². The molecule has 1 aromatic heterocycles. The molecule has 0 fully saturated rings. The van der Waals surface area contributed by atoms with Gasteiger partial charge in [-0.05, 0) is 91.2 Å². The van der Waals surface area contributed by atoms with E-state index in [2.05, 4.69) is 89.9 Å². The van der Waals surface area contributed by atoms with Crippen molar-refractivity contribution < 1.29 is 0 Å². The molecule has 0 aliphatic heterocycles. The van der Waals surface area contributed by atoms with Crippen LogP contribution in [-0.2, 0) is 6.54 Å². The first kappa shape index (κ1) is 14.3. The zero-order chi connectivity index (χ0) is 13.1. The molecule has 0 saturated heterocycles. The normalized spacial score (nSPS) is 10.4. The van der Waals surface area contributed by atoms with Crippen LogP contribution in [0.3, 0.4) is 0 Å². The van der Waals surface area contributed by atoms with Gasteiger partial charge in [0.05, 0.1) is 12.2 Å². The van der Waals surface area contributed by atoms with E-state index in [1.165, 1.54) is 9.13 Å². The monoisotopic (exact) mass is 480 g/mol. The van der Waals surface area contributed by atoms with Crippen molar-refractivity contribution in [1.82, 2.24) is 4.98 Å². The molecule has 0 unspecified atom stereocenters. The first-order valence-electron chi connectivity index (χ1n) is 5.36. The predicted molar refractivity (Wildman–Crippen MR) is 90.9 cm³/mol. The summed E-state index contributed by atoms with van der Waals surface area (Å²) in [7, 11) is 0. The summed E-state index contributed by atoms with van der Waals surface area (Å²) >= 11 is 9.23. The van der Waals surface area contributed by atoms with E-state index in [1.54, 1.807) is 0 Å². The Labute approximate surface area is 137 Å². The van der Waals surface area contributed by atoms with Gasteiger partial charge in [0.15, 0.2) is 0 Å². The van der Waals surface area contributed by atoms with Crippen molar-refractivity contribution in [1.29, 1.82) is 0 Å². The van der Waals surface area contributed by atoms with Crippen LogP contribution >= 0.6 is 54.5 Å². The van der Waals surface area contributed by atoms with Gasteiger partial charge in [0.25, 0.3) is 0 Å². The van der Waals surface area contributed by atoms with Gasteiger partial charge in [-0.2, -0.15) is 0 Å². The quantitative estimate of drug-likeness (QED) is 0.615. The molecule has 0 radical (unpaired) electrons. The Kier molecular flexibility index (Phi) is 5.03. The standard InChI is InChI=1S/C13H11Br2IN2/c1-8-4-10(16)2-3-12(8)18-7-13-11(15)5-9(14)6-17-13/h2-6,18H,7H2,1H3. The summed E-state index contributed by atoms with van der Waals surface area (Å²) in [5, 5.41) is 3.41. The number of halogens is 3. The summed E-state index contributed by atoms with van der Waals surface area (Å²) in [4.78, 5) is 4.38. The van der Waals surface area contributed by atoms with Gasteiger partial charge in [0.2, 0.25) is 0 Å². The third kappa shape index (κ3) is 3.68. The van der Waals surface area contributed by atoms with Crippen molar-refractivity contribution in [2.75, 3.05) is 5.32 Å². The van der Waals surface area contributed by atoms with Crippen molar-refractivity contribution in [3.8, 4) is 0 Å². The Morgan fingerprint density at radius 1 is 1.28 bits per heavy atom. The average Bonchev–Trinajstić information content (AvgIpc) is 2.30. The number of hydrogen-bond acceptors (Lipinski definition) is 2. The Hall–Kier alpha value is -0.140. The molecule has 0 amide bonds. The lowest BCUT2D eigenvalue weighted by Gasteiger charge is -2.10. The van der Waals surface area contributed by atoms with E-state index >= 15 is 0 Å². The number of anilines is 1. The highest BCUT2D eigenvalue weighted by molar-refractivity contribution is 14.1. The second kappa shape index (κ2) is 6.34. The summed E-state index contributed by atoms with van der Waals surface area (Å²) in [6, 6.07) is 8.36. The van der Waals surface area contributed by atoms with E-state index in [0.717, 1.165) is 20.3 Å². The minimum Gasteiger partial charge on any atom is -0.379 e. The van der Waals surface area contributed by atoms with Gasteiger partial charge in [-0.1, -0.05) is 0 Å². The van der Waals surface area contributed by atoms with Crippen LogP contribution in [0.5, 0.6) is 0 Å². The van der Waals surface area contributed by atoms with Crippen LogP contribution in [0.2, 0.25) is 0 Å². The molecule has 2 nitrogen and oxygen atoms in total. The van der Waals surface area contributed by atoms with Crippen LogP contribution in [0.4, 0.5) is 5.69 Å². The number of nitrogens with zero attached hydrogens (tertiary/aromatic N) is 1. The van der Waals surface area contributed by atoms with E-state index in [-0.39, 0.29) is 0 Å². The number of benzene rings is 1. The lowest BCUT2D eigenvalue weighted by molar-refractivity contribution is 1.02. The summed E-state index contributed by atoms with van der Waals surface area (Å²) in [6.45, 7) is 2.81. The summed E-state index contributed by atoms with van der Waals surface area (Å²) in [5.41, 5.74) is 3.39. The lowest BCUT2D eigenvalue weighted by Crippen LogP contribution is -2.03. The van der Waals surface area contributed by atoms with E-state index in [1.807, 2.05) is 12.3 Å². The Bertz CT molecular complexity index is 521. The van der Waals surface area contributed by atoms with Crippen molar-refractivity contribution in [3.63, 3.8) is 0 Å². The molecule has 0 aliphatic rings. The van der Waals surface area contributed by atoms with Crippen LogP contribution in [-0.4, -0.2) is 4.98 Å². The number of pyridine rings is 1. The first-order chi connectivity index (χ1) is 8.56. The fraction of sp³-hybridized carbons (Fsp3) is 0.154. The third-order valence-electron chi connectivity index (χ3n) is 2.52. The van der Waals surface area contributed by atoms with Gasteiger partial charge in [-0.3, -0.25) is 4.98 Å². The maximum absolute atomic E-state index is 4.38. The molecule has 1 N–H and O–H groups in total. The SMILES string of the molecule is Cc1cc(I)ccc1NCc1ncc(Br)cc1Br. The molecule has 94 valence electrons. The molecule has 5 heteroatoms. The van der Waals surface area contributed by atoms with Gasteiger partial charge in [0.1, 0.15) is 0 Å². The highest BCUT2D eigenvalue weighted by atomic mass is 127. The molecule has 1 aromatic carbocycles. The van der Waals surface area contributed by atoms with Crippen LogP contribution in [0.15, 0.2) is 39.4 Å². The average molecular weight is 482 g/mol. The third-order valence-corrected chi connectivity index (χ3v) is 4.31. The Balaban J connectivity index is 2.11. The number of nitrogens with one attached hydrogen (secondary N) is 1. The zero-order valence-corrected chi connectivity index (χ0v) is 15.0. The van der Waals surface area contributed by atoms with Gasteiger partial charge in [0, 0.05) is 24.4 Å². The lowest BCUT2D eigenvalue weighted by atomic mass is 10.2. The van der Waals surface area contributed by atoms with E-state index in [0.29, 0.717) is 6.54 Å². The zero-order valence-electron chi connectivity index (χ0n) is 9.67. The fourth-order valence-electron chi connectivity index (χ4n) is 1.58. The molecule has 1 heterocycles. The maximum atomic E-state index is 4.38. The highest BCUT2D eigenvalue weighted by Crippen LogP contribution is 2.22. The van der Waals surface area contributed by atoms with Gasteiger partial charge >= 0.3 is 0 Å². The van der Waals surface area contributed by atoms with E-state index in [9.17, 15) is 0 Å². The van der Waals surface area contributed by atoms with E-state index < -0.39 is 0 Å². The first-order valence-corrected chi connectivity index (χ1v) is 8.02. The molecule has 2 rings (SSSR count). The summed E-state index contributed by atoms with van der Waals surface area (Å²) < 4.78 is 3.23. The largest absolute Gasteiger partial charge is 0.379 e. The molecule has 0 bridgehead atoms. The minimum absolute atomic E-state index is 0.704. The van der Waals surface area contributed by atoms with Gasteiger partial charge in [-0.25, -0.2) is 0 Å². The van der Waals surface area contributed by atoms with E-state index in [4.69, 9.17) is 0 Å².